The number of aromatic hydroxyl groups is 1. The average molecular weight is 329 g/mol. The predicted molar refractivity (Wildman–Crippen MR) is 88.0 cm³/mol. The lowest BCUT2D eigenvalue weighted by Gasteiger charge is -2.07. The Morgan fingerprint density at radius 2 is 1.88 bits per heavy atom. The van der Waals surface area contributed by atoms with Crippen LogP contribution in [0, 0.1) is 17.0 Å². The fraction of sp³-hybridized carbons (Fsp3) is 0.118. The lowest BCUT2D eigenvalue weighted by Crippen LogP contribution is -2.00. The molecule has 0 aromatic heterocycles. The minimum Gasteiger partial charge on any atom is -0.500 e. The summed E-state index contributed by atoms with van der Waals surface area (Å²) in [6.45, 7) is 1.88. The van der Waals surface area contributed by atoms with Gasteiger partial charge in [-0.1, -0.05) is 29.8 Å². The molecule has 2 aromatic rings. The second-order valence-corrected chi connectivity index (χ2v) is 5.08. The molecule has 0 heterocycles. The first-order valence-electron chi connectivity index (χ1n) is 6.91. The summed E-state index contributed by atoms with van der Waals surface area (Å²) in [4.78, 5) is 21.8. The first-order valence-corrected chi connectivity index (χ1v) is 6.91. The molecular formula is C17H15NO6. The van der Waals surface area contributed by atoms with Crippen molar-refractivity contribution >= 4 is 23.3 Å². The molecule has 0 unspecified atom stereocenters. The largest absolute Gasteiger partial charge is 0.500 e. The van der Waals surface area contributed by atoms with E-state index in [1.165, 1.54) is 19.3 Å². The highest BCUT2D eigenvalue weighted by atomic mass is 16.6. The third-order valence-electron chi connectivity index (χ3n) is 3.40. The van der Waals surface area contributed by atoms with Crippen LogP contribution in [0.15, 0.2) is 36.4 Å². The van der Waals surface area contributed by atoms with Crippen LogP contribution >= 0.6 is 0 Å². The maximum Gasteiger partial charge on any atom is 0.336 e. The summed E-state index contributed by atoms with van der Waals surface area (Å²) in [5.41, 5.74) is 1.08. The lowest BCUT2D eigenvalue weighted by molar-refractivity contribution is -0.386. The summed E-state index contributed by atoms with van der Waals surface area (Å²) >= 11 is 0. The molecule has 0 spiro atoms. The van der Waals surface area contributed by atoms with Crippen molar-refractivity contribution in [1.29, 1.82) is 0 Å². The number of nitrogens with zero attached hydrogens (tertiary/aromatic N) is 1. The number of ether oxygens (including phenoxy) is 1. The van der Waals surface area contributed by atoms with E-state index >= 15 is 0 Å². The van der Waals surface area contributed by atoms with Crippen LogP contribution in [0.3, 0.4) is 0 Å². The molecule has 7 nitrogen and oxygen atoms in total. The molecule has 2 aromatic carbocycles. The summed E-state index contributed by atoms with van der Waals surface area (Å²) in [5.74, 6) is -1.88. The van der Waals surface area contributed by atoms with Gasteiger partial charge < -0.3 is 14.9 Å². The van der Waals surface area contributed by atoms with Gasteiger partial charge >= 0.3 is 11.7 Å². The van der Waals surface area contributed by atoms with Crippen LogP contribution in [0.5, 0.6) is 11.5 Å². The van der Waals surface area contributed by atoms with Crippen LogP contribution in [-0.2, 0) is 4.79 Å². The number of methoxy groups -OCH3 is 1. The Morgan fingerprint density at radius 3 is 2.38 bits per heavy atom. The molecule has 0 bridgehead atoms. The topological polar surface area (TPSA) is 110 Å². The number of phenols is 1. The molecule has 0 radical (unpaired) electrons. The SMILES string of the molecule is COc1cc(/C=C(\C(=O)O)c2ccc(C)cc2)cc([N+](=O)[O-])c1O. The molecule has 0 atom stereocenters. The van der Waals surface area contributed by atoms with E-state index in [2.05, 4.69) is 0 Å². The molecule has 0 saturated heterocycles. The van der Waals surface area contributed by atoms with Crippen molar-refractivity contribution in [1.82, 2.24) is 0 Å². The van der Waals surface area contributed by atoms with Gasteiger partial charge in [-0.2, -0.15) is 0 Å². The number of phenolic OH excluding ortho intramolecular Hbond substituents is 1. The van der Waals surface area contributed by atoms with E-state index in [4.69, 9.17) is 4.74 Å². The predicted octanol–water partition coefficient (Wildman–Crippen LogP) is 3.24. The van der Waals surface area contributed by atoms with Gasteiger partial charge in [0.05, 0.1) is 17.6 Å². The molecular weight excluding hydrogens is 314 g/mol. The molecule has 0 aliphatic heterocycles. The lowest BCUT2D eigenvalue weighted by atomic mass is 10.0. The summed E-state index contributed by atoms with van der Waals surface area (Å²) < 4.78 is 4.91. The van der Waals surface area contributed by atoms with Gasteiger partial charge in [-0.25, -0.2) is 4.79 Å². The van der Waals surface area contributed by atoms with E-state index in [9.17, 15) is 25.1 Å². The normalized spacial score (nSPS) is 11.2. The highest BCUT2D eigenvalue weighted by Crippen LogP contribution is 2.37. The van der Waals surface area contributed by atoms with Crippen LogP contribution in [0.1, 0.15) is 16.7 Å². The molecule has 0 aliphatic rings. The molecule has 124 valence electrons. The number of hydrogen-bond acceptors (Lipinski definition) is 5. The molecule has 0 saturated carbocycles. The minimum atomic E-state index is -1.17. The summed E-state index contributed by atoms with van der Waals surface area (Å²) in [6.07, 6.45) is 1.29. The van der Waals surface area contributed by atoms with Crippen molar-refractivity contribution in [3.8, 4) is 11.5 Å². The smallest absolute Gasteiger partial charge is 0.336 e. The maximum absolute atomic E-state index is 11.5. The van der Waals surface area contributed by atoms with Crippen LogP contribution in [0.2, 0.25) is 0 Å². The van der Waals surface area contributed by atoms with Gasteiger partial charge in [0.25, 0.3) is 0 Å². The molecule has 24 heavy (non-hydrogen) atoms. The molecule has 7 heteroatoms. The molecule has 0 amide bonds. The fourth-order valence-electron chi connectivity index (χ4n) is 2.16. The number of nitro benzene ring substituents is 1. The number of rotatable bonds is 5. The number of aliphatic carboxylic acids is 1. The zero-order valence-electron chi connectivity index (χ0n) is 13.0. The highest BCUT2D eigenvalue weighted by Gasteiger charge is 2.20. The average Bonchev–Trinajstić information content (AvgIpc) is 2.54. The maximum atomic E-state index is 11.5. The fourth-order valence-corrected chi connectivity index (χ4v) is 2.16. The van der Waals surface area contributed by atoms with Gasteiger partial charge in [0, 0.05) is 6.07 Å². The van der Waals surface area contributed by atoms with Crippen molar-refractivity contribution < 1.29 is 24.7 Å². The minimum absolute atomic E-state index is 0.0305. The number of carbonyl (C=O) groups is 1. The molecule has 0 fully saturated rings. The number of aryl methyl sites for hydroxylation is 1. The standard InChI is InChI=1S/C17H15NO6/c1-10-3-5-12(6-4-10)13(17(20)21)7-11-8-14(18(22)23)16(19)15(9-11)24-2/h3-9,19H,1-2H3,(H,20,21)/b13-7-. The van der Waals surface area contributed by atoms with E-state index in [0.717, 1.165) is 11.6 Å². The second kappa shape index (κ2) is 6.82. The first-order chi connectivity index (χ1) is 11.3. The summed E-state index contributed by atoms with van der Waals surface area (Å²) in [5, 5.41) is 30.2. The van der Waals surface area contributed by atoms with Gasteiger partial charge in [-0.15, -0.1) is 0 Å². The Bertz CT molecular complexity index is 824. The van der Waals surface area contributed by atoms with Crippen LogP contribution in [0.4, 0.5) is 5.69 Å². The monoisotopic (exact) mass is 329 g/mol. The van der Waals surface area contributed by atoms with Gasteiger partial charge in [-0.05, 0) is 30.2 Å². The zero-order chi connectivity index (χ0) is 17.9. The van der Waals surface area contributed by atoms with Gasteiger partial charge in [-0.3, -0.25) is 10.1 Å². The van der Waals surface area contributed by atoms with Crippen molar-refractivity contribution in [3.63, 3.8) is 0 Å². The Morgan fingerprint density at radius 1 is 1.25 bits per heavy atom. The third-order valence-corrected chi connectivity index (χ3v) is 3.40. The van der Waals surface area contributed by atoms with Crippen LogP contribution < -0.4 is 4.74 Å². The quantitative estimate of drug-likeness (QED) is 0.377. The Labute approximate surface area is 137 Å². The van der Waals surface area contributed by atoms with E-state index in [0.29, 0.717) is 5.56 Å². The van der Waals surface area contributed by atoms with Crippen molar-refractivity contribution in [2.45, 2.75) is 6.92 Å². The third kappa shape index (κ3) is 3.52. The number of carboxylic acid groups (broad SMARTS) is 1. The number of hydrogen-bond donors (Lipinski definition) is 2. The highest BCUT2D eigenvalue weighted by molar-refractivity contribution is 6.20. The van der Waals surface area contributed by atoms with Crippen LogP contribution in [0.25, 0.3) is 11.6 Å². The number of nitro groups is 1. The van der Waals surface area contributed by atoms with Crippen molar-refractivity contribution in [2.24, 2.45) is 0 Å². The first kappa shape index (κ1) is 17.0. The molecule has 2 rings (SSSR count). The Hall–Kier alpha value is -3.35. The number of carboxylic acids is 1. The number of benzene rings is 2. The summed E-state index contributed by atoms with van der Waals surface area (Å²) in [6, 6.07) is 9.27. The van der Waals surface area contributed by atoms with Crippen molar-refractivity contribution in [3.05, 3.63) is 63.2 Å². The van der Waals surface area contributed by atoms with Crippen LogP contribution in [-0.4, -0.2) is 28.2 Å². The van der Waals surface area contributed by atoms with Gasteiger partial charge in [0.1, 0.15) is 0 Å². The Kier molecular flexibility index (Phi) is 4.84. The Balaban J connectivity index is 2.61. The van der Waals surface area contributed by atoms with E-state index in [1.54, 1.807) is 24.3 Å². The van der Waals surface area contributed by atoms with E-state index < -0.39 is 22.3 Å². The van der Waals surface area contributed by atoms with E-state index in [1.807, 2.05) is 6.92 Å². The van der Waals surface area contributed by atoms with E-state index in [-0.39, 0.29) is 16.9 Å². The summed E-state index contributed by atoms with van der Waals surface area (Å²) in [7, 11) is 1.25. The molecule has 0 aliphatic carbocycles. The zero-order valence-corrected chi connectivity index (χ0v) is 13.0. The van der Waals surface area contributed by atoms with Crippen molar-refractivity contribution in [2.75, 3.05) is 7.11 Å². The molecule has 2 N–H and O–H groups in total. The van der Waals surface area contributed by atoms with Gasteiger partial charge in [0.15, 0.2) is 5.75 Å². The second-order valence-electron chi connectivity index (χ2n) is 5.08. The van der Waals surface area contributed by atoms with Gasteiger partial charge in [0.2, 0.25) is 5.75 Å².